The third-order valence-corrected chi connectivity index (χ3v) is 10.8. The summed E-state index contributed by atoms with van der Waals surface area (Å²) in [6, 6.07) is 1.09. The molecule has 2 nitrogen and oxygen atoms in total. The summed E-state index contributed by atoms with van der Waals surface area (Å²) in [6.45, 7) is 8.67. The molecular formula is C32H68O2SSi. The van der Waals surface area contributed by atoms with Crippen LogP contribution in [0.25, 0.3) is 0 Å². The van der Waals surface area contributed by atoms with Crippen molar-refractivity contribution >= 4 is 21.2 Å². The van der Waals surface area contributed by atoms with E-state index in [1.54, 1.807) is 0 Å². The van der Waals surface area contributed by atoms with Gasteiger partial charge in [0.25, 0.3) is 0 Å². The number of unbranched alkanes of at least 4 members (excludes halogenated alkanes) is 22. The van der Waals surface area contributed by atoms with Crippen LogP contribution in [0.2, 0.25) is 12.6 Å². The van der Waals surface area contributed by atoms with Gasteiger partial charge >= 0.3 is 8.56 Å². The highest BCUT2D eigenvalue weighted by atomic mass is 32.1. The Morgan fingerprint density at radius 2 is 0.694 bits per heavy atom. The van der Waals surface area contributed by atoms with Gasteiger partial charge < -0.3 is 8.85 Å². The molecule has 0 fully saturated rings. The van der Waals surface area contributed by atoms with Gasteiger partial charge in [-0.2, -0.15) is 12.6 Å². The van der Waals surface area contributed by atoms with Crippen LogP contribution in [0.5, 0.6) is 0 Å². The van der Waals surface area contributed by atoms with Gasteiger partial charge in [0, 0.05) is 13.2 Å². The molecule has 0 aromatic carbocycles. The lowest BCUT2D eigenvalue weighted by atomic mass is 10.1. The third kappa shape index (κ3) is 27.5. The first-order valence-corrected chi connectivity index (χ1v) is 19.7. The normalized spacial score (nSPS) is 12.0. The van der Waals surface area contributed by atoms with Gasteiger partial charge in [0.1, 0.15) is 0 Å². The molecule has 218 valence electrons. The van der Waals surface area contributed by atoms with Gasteiger partial charge in [0.05, 0.1) is 0 Å². The van der Waals surface area contributed by atoms with E-state index in [1.807, 2.05) is 0 Å². The summed E-state index contributed by atoms with van der Waals surface area (Å²) >= 11 is 4.43. The molecule has 0 heterocycles. The van der Waals surface area contributed by atoms with Crippen LogP contribution in [0.3, 0.4) is 0 Å². The van der Waals surface area contributed by atoms with Gasteiger partial charge in [0.15, 0.2) is 0 Å². The molecular weight excluding hydrogens is 477 g/mol. The van der Waals surface area contributed by atoms with Crippen LogP contribution >= 0.6 is 12.6 Å². The summed E-state index contributed by atoms with van der Waals surface area (Å²) in [6.07, 6.45) is 34.5. The van der Waals surface area contributed by atoms with E-state index < -0.39 is 8.56 Å². The minimum atomic E-state index is -2.02. The highest BCUT2D eigenvalue weighted by molar-refractivity contribution is 7.80. The molecule has 0 atom stereocenters. The lowest BCUT2D eigenvalue weighted by molar-refractivity contribution is 0.166. The van der Waals surface area contributed by atoms with Crippen LogP contribution in [-0.2, 0) is 8.85 Å². The van der Waals surface area contributed by atoms with Crippen molar-refractivity contribution in [3.8, 4) is 0 Å². The van der Waals surface area contributed by atoms with E-state index >= 15 is 0 Å². The van der Waals surface area contributed by atoms with E-state index in [-0.39, 0.29) is 0 Å². The van der Waals surface area contributed by atoms with Crippen LogP contribution in [0.15, 0.2) is 0 Å². The number of hydrogen-bond donors (Lipinski definition) is 1. The SMILES string of the molecule is CCCCCCCCCCCCCCO[Si](C)(CCCS)OCCCCCCCCCCCCCC. The fraction of sp³-hybridized carbons (Fsp3) is 1.00. The largest absolute Gasteiger partial charge is 0.394 e. The predicted octanol–water partition coefficient (Wildman–Crippen LogP) is 11.8. The van der Waals surface area contributed by atoms with Crippen LogP contribution in [0, 0.1) is 0 Å². The van der Waals surface area contributed by atoms with E-state index in [9.17, 15) is 0 Å². The maximum Gasteiger partial charge on any atom is 0.334 e. The monoisotopic (exact) mass is 544 g/mol. The van der Waals surface area contributed by atoms with Crippen LogP contribution in [0.1, 0.15) is 174 Å². The van der Waals surface area contributed by atoms with Crippen LogP contribution in [-0.4, -0.2) is 27.5 Å². The molecule has 0 aliphatic rings. The molecule has 0 saturated heterocycles. The maximum atomic E-state index is 6.41. The van der Waals surface area contributed by atoms with E-state index in [0.29, 0.717) is 0 Å². The molecule has 0 aliphatic carbocycles. The Kier molecular flexibility index (Phi) is 30.4. The summed E-state index contributed by atoms with van der Waals surface area (Å²) in [4.78, 5) is 0. The zero-order chi connectivity index (χ0) is 26.4. The lowest BCUT2D eigenvalue weighted by Crippen LogP contribution is -2.39. The van der Waals surface area contributed by atoms with Gasteiger partial charge in [-0.25, -0.2) is 0 Å². The number of rotatable bonds is 31. The Balaban J connectivity index is 3.64. The fourth-order valence-electron chi connectivity index (χ4n) is 5.05. The highest BCUT2D eigenvalue weighted by Gasteiger charge is 2.30. The van der Waals surface area contributed by atoms with E-state index in [1.165, 1.54) is 154 Å². The first-order chi connectivity index (χ1) is 17.7. The molecule has 0 spiro atoms. The van der Waals surface area contributed by atoms with Crippen molar-refractivity contribution in [1.29, 1.82) is 0 Å². The standard InChI is InChI=1S/C32H68O2SSi/c1-4-6-8-10-12-14-16-18-20-22-24-26-29-33-36(3,32-28-31-35)34-30-27-25-23-21-19-17-15-13-11-9-7-5-2/h35H,4-32H2,1-3H3. The molecule has 0 aromatic rings. The van der Waals surface area contributed by atoms with Crippen LogP contribution in [0.4, 0.5) is 0 Å². The summed E-state index contributed by atoms with van der Waals surface area (Å²) in [5.41, 5.74) is 0. The molecule has 0 aliphatic heterocycles. The molecule has 0 aromatic heterocycles. The predicted molar refractivity (Wildman–Crippen MR) is 169 cm³/mol. The minimum Gasteiger partial charge on any atom is -0.394 e. The number of hydrogen-bond acceptors (Lipinski definition) is 3. The molecule has 0 amide bonds. The fourth-order valence-corrected chi connectivity index (χ4v) is 7.85. The Labute approximate surface area is 235 Å². The van der Waals surface area contributed by atoms with Gasteiger partial charge in [-0.15, -0.1) is 0 Å². The van der Waals surface area contributed by atoms with Gasteiger partial charge in [-0.3, -0.25) is 0 Å². The quantitative estimate of drug-likeness (QED) is 0.0531. The topological polar surface area (TPSA) is 18.5 Å². The van der Waals surface area contributed by atoms with Gasteiger partial charge in [-0.1, -0.05) is 155 Å². The zero-order valence-electron chi connectivity index (χ0n) is 25.3. The first-order valence-electron chi connectivity index (χ1n) is 16.6. The average Bonchev–Trinajstić information content (AvgIpc) is 2.88. The Morgan fingerprint density at radius 3 is 0.972 bits per heavy atom. The maximum absolute atomic E-state index is 6.41. The molecule has 0 N–H and O–H groups in total. The molecule has 0 bridgehead atoms. The Bertz CT molecular complexity index is 378. The second-order valence-corrected chi connectivity index (χ2v) is 15.2. The Hall–Kier alpha value is 0.487. The van der Waals surface area contributed by atoms with Crippen molar-refractivity contribution < 1.29 is 8.85 Å². The van der Waals surface area contributed by atoms with Crippen molar-refractivity contribution in [2.75, 3.05) is 19.0 Å². The van der Waals surface area contributed by atoms with Crippen molar-refractivity contribution in [2.45, 2.75) is 187 Å². The molecule has 0 radical (unpaired) electrons. The molecule has 0 saturated carbocycles. The highest BCUT2D eigenvalue weighted by Crippen LogP contribution is 2.19. The Morgan fingerprint density at radius 1 is 0.417 bits per heavy atom. The summed E-state index contributed by atoms with van der Waals surface area (Å²) < 4.78 is 12.8. The van der Waals surface area contributed by atoms with E-state index in [4.69, 9.17) is 8.85 Å². The van der Waals surface area contributed by atoms with Gasteiger partial charge in [0.2, 0.25) is 0 Å². The van der Waals surface area contributed by atoms with Gasteiger partial charge in [-0.05, 0) is 37.6 Å². The third-order valence-electron chi connectivity index (χ3n) is 7.60. The smallest absolute Gasteiger partial charge is 0.334 e. The van der Waals surface area contributed by atoms with E-state index in [0.717, 1.165) is 31.4 Å². The number of thiol groups is 1. The second kappa shape index (κ2) is 30.0. The van der Waals surface area contributed by atoms with E-state index in [2.05, 4.69) is 33.0 Å². The lowest BCUT2D eigenvalue weighted by Gasteiger charge is -2.27. The van der Waals surface area contributed by atoms with Crippen molar-refractivity contribution in [3.63, 3.8) is 0 Å². The summed E-state index contributed by atoms with van der Waals surface area (Å²) in [5.74, 6) is 0.937. The first kappa shape index (κ1) is 36.5. The van der Waals surface area contributed by atoms with Crippen molar-refractivity contribution in [3.05, 3.63) is 0 Å². The molecule has 0 unspecified atom stereocenters. The summed E-state index contributed by atoms with van der Waals surface area (Å²) in [5, 5.41) is 0. The molecule has 36 heavy (non-hydrogen) atoms. The second-order valence-electron chi connectivity index (χ2n) is 11.4. The molecule has 0 rings (SSSR count). The van der Waals surface area contributed by atoms with Crippen molar-refractivity contribution in [2.24, 2.45) is 0 Å². The molecule has 4 heteroatoms. The average molecular weight is 545 g/mol. The minimum absolute atomic E-state index is 0.894. The summed E-state index contributed by atoms with van der Waals surface area (Å²) in [7, 11) is -2.02. The van der Waals surface area contributed by atoms with Crippen LogP contribution < -0.4 is 0 Å². The van der Waals surface area contributed by atoms with Crippen molar-refractivity contribution in [1.82, 2.24) is 0 Å². The zero-order valence-corrected chi connectivity index (χ0v) is 27.2.